The summed E-state index contributed by atoms with van der Waals surface area (Å²) in [6.45, 7) is 0.533. The van der Waals surface area contributed by atoms with Gasteiger partial charge in [0, 0.05) is 12.5 Å². The number of nitrogens with one attached hydrogen (secondary N) is 1. The summed E-state index contributed by atoms with van der Waals surface area (Å²) in [5.74, 6) is -1.28. The van der Waals surface area contributed by atoms with Crippen molar-refractivity contribution in [1.82, 2.24) is 5.32 Å². The monoisotopic (exact) mass is 263 g/mol. The first-order chi connectivity index (χ1) is 7.60. The lowest BCUT2D eigenvalue weighted by Crippen LogP contribution is -2.18. The molecule has 0 fully saturated rings. The minimum Gasteiger partial charge on any atom is -0.319 e. The van der Waals surface area contributed by atoms with Gasteiger partial charge in [0.1, 0.15) is 11.6 Å². The Morgan fingerprint density at radius 1 is 1.44 bits per heavy atom. The molecule has 0 aliphatic carbocycles. The Morgan fingerprint density at radius 3 is 2.69 bits per heavy atom. The fourth-order valence-corrected chi connectivity index (χ4v) is 1.92. The molecular weight excluding hydrogens is 252 g/mol. The smallest absolute Gasteiger partial charge is 0.142 e. The van der Waals surface area contributed by atoms with Crippen LogP contribution in [0, 0.1) is 11.6 Å². The molecule has 1 nitrogen and oxygen atoms in total. The lowest BCUT2D eigenvalue weighted by atomic mass is 9.96. The van der Waals surface area contributed by atoms with Crippen LogP contribution < -0.4 is 5.32 Å². The number of thiocarbonyl (C=S) groups is 1. The Balaban J connectivity index is 3.07. The number of likely N-dealkylation sites (N-methyl/N-ethyl adjacent to an activating group) is 1. The van der Waals surface area contributed by atoms with Gasteiger partial charge in [-0.1, -0.05) is 23.8 Å². The van der Waals surface area contributed by atoms with Gasteiger partial charge >= 0.3 is 0 Å². The summed E-state index contributed by atoms with van der Waals surface area (Å²) < 4.78 is 26.8. The van der Waals surface area contributed by atoms with Gasteiger partial charge < -0.3 is 5.32 Å². The first kappa shape index (κ1) is 13.5. The molecular formula is C11H12ClF2NS. The molecule has 88 valence electrons. The van der Waals surface area contributed by atoms with Crippen LogP contribution in [-0.2, 0) is 0 Å². The maximum absolute atomic E-state index is 13.6. The van der Waals surface area contributed by atoms with Crippen molar-refractivity contribution in [2.24, 2.45) is 0 Å². The molecule has 0 aliphatic rings. The molecule has 0 spiro atoms. The number of hydrogen-bond acceptors (Lipinski definition) is 2. The van der Waals surface area contributed by atoms with Gasteiger partial charge in [0.25, 0.3) is 0 Å². The van der Waals surface area contributed by atoms with Crippen molar-refractivity contribution in [1.29, 1.82) is 0 Å². The Labute approximate surface area is 104 Å². The third kappa shape index (κ3) is 3.20. The van der Waals surface area contributed by atoms with Crippen LogP contribution in [0.3, 0.4) is 0 Å². The molecule has 1 N–H and O–H groups in total. The van der Waals surface area contributed by atoms with E-state index < -0.39 is 11.6 Å². The van der Waals surface area contributed by atoms with Gasteiger partial charge in [0.05, 0.1) is 5.02 Å². The molecule has 5 heteroatoms. The predicted molar refractivity (Wildman–Crippen MR) is 66.3 cm³/mol. The van der Waals surface area contributed by atoms with Gasteiger partial charge in [-0.15, -0.1) is 0 Å². The summed E-state index contributed by atoms with van der Waals surface area (Å²) in [6.07, 6.45) is 0.508. The highest BCUT2D eigenvalue weighted by Crippen LogP contribution is 2.26. The number of hydrogen-bond donors (Lipinski definition) is 1. The van der Waals surface area contributed by atoms with E-state index in [9.17, 15) is 8.78 Å². The number of halogens is 3. The highest BCUT2D eigenvalue weighted by molar-refractivity contribution is 7.78. The van der Waals surface area contributed by atoms with Crippen molar-refractivity contribution in [3.05, 3.63) is 34.4 Å². The van der Waals surface area contributed by atoms with Crippen LogP contribution in [0.4, 0.5) is 8.78 Å². The average Bonchev–Trinajstić information content (AvgIpc) is 2.23. The van der Waals surface area contributed by atoms with E-state index in [-0.39, 0.29) is 10.9 Å². The molecule has 1 rings (SSSR count). The zero-order valence-corrected chi connectivity index (χ0v) is 10.3. The summed E-state index contributed by atoms with van der Waals surface area (Å²) in [7, 11) is 1.75. The van der Waals surface area contributed by atoms with Gasteiger partial charge in [0.15, 0.2) is 0 Å². The second-order valence-corrected chi connectivity index (χ2v) is 4.19. The largest absolute Gasteiger partial charge is 0.319 e. The molecule has 1 unspecified atom stereocenters. The maximum Gasteiger partial charge on any atom is 0.142 e. The molecule has 16 heavy (non-hydrogen) atoms. The van der Waals surface area contributed by atoms with Gasteiger partial charge in [-0.25, -0.2) is 8.78 Å². The van der Waals surface area contributed by atoms with E-state index in [2.05, 4.69) is 5.32 Å². The Kier molecular flexibility index (Phi) is 5.25. The van der Waals surface area contributed by atoms with Crippen molar-refractivity contribution >= 4 is 29.2 Å². The highest BCUT2D eigenvalue weighted by Gasteiger charge is 2.16. The molecule has 0 heterocycles. The van der Waals surface area contributed by atoms with Gasteiger partial charge in [0.2, 0.25) is 0 Å². The first-order valence-electron chi connectivity index (χ1n) is 4.82. The van der Waals surface area contributed by atoms with E-state index in [1.54, 1.807) is 7.05 Å². The quantitative estimate of drug-likeness (QED) is 0.646. The van der Waals surface area contributed by atoms with E-state index in [0.29, 0.717) is 18.5 Å². The Morgan fingerprint density at radius 2 is 2.12 bits per heavy atom. The molecule has 0 saturated carbocycles. The maximum atomic E-state index is 13.6. The lowest BCUT2D eigenvalue weighted by molar-refractivity contribution is 0.552. The fourth-order valence-electron chi connectivity index (χ4n) is 1.53. The standard InChI is InChI=1S/C11H12ClF2NS/c1-15-6-7(2-3-16)8-4-11(14)9(12)5-10(8)13/h3-5,7,15H,2,6H2,1H3. The third-order valence-electron chi connectivity index (χ3n) is 2.31. The van der Waals surface area contributed by atoms with E-state index in [1.165, 1.54) is 5.37 Å². The van der Waals surface area contributed by atoms with Crippen molar-refractivity contribution in [2.45, 2.75) is 12.3 Å². The molecule has 0 aromatic heterocycles. The molecule has 0 bridgehead atoms. The first-order valence-corrected chi connectivity index (χ1v) is 5.67. The van der Waals surface area contributed by atoms with Crippen LogP contribution in [0.2, 0.25) is 5.02 Å². The number of benzene rings is 1. The molecule has 0 aliphatic heterocycles. The minimum atomic E-state index is -0.608. The van der Waals surface area contributed by atoms with Gasteiger partial charge in [-0.2, -0.15) is 0 Å². The van der Waals surface area contributed by atoms with Crippen LogP contribution >= 0.6 is 23.8 Å². The second kappa shape index (κ2) is 6.23. The lowest BCUT2D eigenvalue weighted by Gasteiger charge is -2.16. The Hall–Kier alpha value is -0.580. The van der Waals surface area contributed by atoms with Crippen LogP contribution in [0.15, 0.2) is 12.1 Å². The van der Waals surface area contributed by atoms with Crippen molar-refractivity contribution in [3.63, 3.8) is 0 Å². The summed E-state index contributed by atoms with van der Waals surface area (Å²) in [4.78, 5) is 0. The van der Waals surface area contributed by atoms with Crippen LogP contribution in [-0.4, -0.2) is 19.0 Å². The molecule has 0 amide bonds. The van der Waals surface area contributed by atoms with Crippen LogP contribution in [0.1, 0.15) is 17.9 Å². The Bertz CT molecular complexity index is 384. The zero-order chi connectivity index (χ0) is 12.1. The van der Waals surface area contributed by atoms with E-state index in [0.717, 1.165) is 12.1 Å². The SMILES string of the molecule is CNCC(CC=S)c1cc(F)c(Cl)cc1F. The van der Waals surface area contributed by atoms with Crippen LogP contribution in [0.5, 0.6) is 0 Å². The molecule has 1 aromatic carbocycles. The average molecular weight is 264 g/mol. The molecule has 0 saturated heterocycles. The summed E-state index contributed by atoms with van der Waals surface area (Å²) in [6, 6.07) is 2.14. The topological polar surface area (TPSA) is 12.0 Å². The zero-order valence-electron chi connectivity index (χ0n) is 8.77. The highest BCUT2D eigenvalue weighted by atomic mass is 35.5. The van der Waals surface area contributed by atoms with Crippen LogP contribution in [0.25, 0.3) is 0 Å². The van der Waals surface area contributed by atoms with E-state index in [4.69, 9.17) is 23.8 Å². The normalized spacial score (nSPS) is 12.5. The minimum absolute atomic E-state index is 0.172. The van der Waals surface area contributed by atoms with E-state index >= 15 is 0 Å². The summed E-state index contributed by atoms with van der Waals surface area (Å²) in [5.41, 5.74) is 0.303. The van der Waals surface area contributed by atoms with Crippen molar-refractivity contribution in [3.8, 4) is 0 Å². The molecule has 1 atom stereocenters. The van der Waals surface area contributed by atoms with Crippen molar-refractivity contribution < 1.29 is 8.78 Å². The van der Waals surface area contributed by atoms with Gasteiger partial charge in [-0.3, -0.25) is 0 Å². The van der Waals surface area contributed by atoms with Gasteiger partial charge in [-0.05, 0) is 36.5 Å². The third-order valence-corrected chi connectivity index (χ3v) is 2.79. The van der Waals surface area contributed by atoms with Crippen molar-refractivity contribution in [2.75, 3.05) is 13.6 Å². The summed E-state index contributed by atoms with van der Waals surface area (Å²) >= 11 is 10.2. The van der Waals surface area contributed by atoms with E-state index in [1.807, 2.05) is 0 Å². The fraction of sp³-hybridized carbons (Fsp3) is 0.364. The molecule has 0 radical (unpaired) electrons. The predicted octanol–water partition coefficient (Wildman–Crippen LogP) is 3.31. The second-order valence-electron chi connectivity index (χ2n) is 3.44. The number of rotatable bonds is 5. The summed E-state index contributed by atoms with van der Waals surface area (Å²) in [5, 5.41) is 4.24. The molecule has 1 aromatic rings.